The van der Waals surface area contributed by atoms with Gasteiger partial charge in [0.05, 0.1) is 0 Å². The van der Waals surface area contributed by atoms with E-state index in [-0.39, 0.29) is 5.91 Å². The average Bonchev–Trinajstić information content (AvgIpc) is 3.24. The van der Waals surface area contributed by atoms with E-state index in [1.165, 1.54) is 0 Å². The Hall–Kier alpha value is -1.55. The predicted molar refractivity (Wildman–Crippen MR) is 73.2 cm³/mol. The van der Waals surface area contributed by atoms with E-state index in [0.29, 0.717) is 6.04 Å². The first-order valence-corrected chi connectivity index (χ1v) is 6.64. The van der Waals surface area contributed by atoms with Gasteiger partial charge in [0.1, 0.15) is 0 Å². The van der Waals surface area contributed by atoms with E-state index in [0.717, 1.165) is 43.5 Å². The zero-order valence-corrected chi connectivity index (χ0v) is 10.9. The largest absolute Gasteiger partial charge is 0.336 e. The fourth-order valence-corrected chi connectivity index (χ4v) is 2.04. The van der Waals surface area contributed by atoms with Crippen LogP contribution >= 0.6 is 0 Å². The van der Waals surface area contributed by atoms with Gasteiger partial charge in [0.25, 0.3) is 5.91 Å². The summed E-state index contributed by atoms with van der Waals surface area (Å²) in [6.07, 6.45) is 4.49. The van der Waals surface area contributed by atoms with Crippen molar-refractivity contribution in [3.63, 3.8) is 0 Å². The van der Waals surface area contributed by atoms with Gasteiger partial charge in [-0.2, -0.15) is 0 Å². The van der Waals surface area contributed by atoms with Crippen molar-refractivity contribution in [2.24, 2.45) is 5.84 Å². The van der Waals surface area contributed by atoms with E-state index >= 15 is 0 Å². The molecule has 1 aromatic rings. The molecule has 1 aromatic carbocycles. The van der Waals surface area contributed by atoms with E-state index in [4.69, 9.17) is 5.84 Å². The zero-order chi connectivity index (χ0) is 13.0. The molecule has 1 saturated carbocycles. The second kappa shape index (κ2) is 5.87. The van der Waals surface area contributed by atoms with Crippen LogP contribution in [0.5, 0.6) is 0 Å². The van der Waals surface area contributed by atoms with Crippen molar-refractivity contribution >= 4 is 11.6 Å². The highest BCUT2D eigenvalue weighted by Gasteiger charge is 2.32. The number of amides is 1. The summed E-state index contributed by atoms with van der Waals surface area (Å²) < 4.78 is 0. The molecule has 2 rings (SSSR count). The molecule has 0 aliphatic heterocycles. The molecule has 0 radical (unpaired) electrons. The average molecular weight is 247 g/mol. The third-order valence-corrected chi connectivity index (χ3v) is 3.30. The molecule has 1 fully saturated rings. The van der Waals surface area contributed by atoms with Crippen LogP contribution in [0.4, 0.5) is 5.69 Å². The Balaban J connectivity index is 2.06. The summed E-state index contributed by atoms with van der Waals surface area (Å²) in [5.41, 5.74) is 4.13. The summed E-state index contributed by atoms with van der Waals surface area (Å²) in [4.78, 5) is 14.4. The molecule has 0 saturated heterocycles. The molecule has 4 heteroatoms. The number of rotatable bonds is 6. The zero-order valence-electron chi connectivity index (χ0n) is 10.9. The molecule has 0 bridgehead atoms. The van der Waals surface area contributed by atoms with Gasteiger partial charge in [-0.3, -0.25) is 10.6 Å². The van der Waals surface area contributed by atoms with Crippen LogP contribution in [0.3, 0.4) is 0 Å². The van der Waals surface area contributed by atoms with Gasteiger partial charge in [0.2, 0.25) is 0 Å². The SMILES string of the molecule is CCCCN(C(=O)c1ccc(NN)cc1)C1CC1. The van der Waals surface area contributed by atoms with Crippen molar-refractivity contribution in [3.8, 4) is 0 Å². The summed E-state index contributed by atoms with van der Waals surface area (Å²) in [7, 11) is 0. The molecule has 0 atom stereocenters. The van der Waals surface area contributed by atoms with Crippen molar-refractivity contribution in [2.45, 2.75) is 38.6 Å². The molecule has 18 heavy (non-hydrogen) atoms. The molecule has 0 heterocycles. The number of hydrogen-bond donors (Lipinski definition) is 2. The number of hydrazine groups is 1. The molecular formula is C14H21N3O. The highest BCUT2D eigenvalue weighted by Crippen LogP contribution is 2.28. The smallest absolute Gasteiger partial charge is 0.254 e. The van der Waals surface area contributed by atoms with Crippen LogP contribution in [0, 0.1) is 0 Å². The van der Waals surface area contributed by atoms with Crippen LogP contribution in [0.2, 0.25) is 0 Å². The Morgan fingerprint density at radius 1 is 1.39 bits per heavy atom. The van der Waals surface area contributed by atoms with Gasteiger partial charge >= 0.3 is 0 Å². The van der Waals surface area contributed by atoms with E-state index < -0.39 is 0 Å². The lowest BCUT2D eigenvalue weighted by molar-refractivity contribution is 0.0741. The number of unbranched alkanes of at least 4 members (excludes halogenated alkanes) is 1. The first-order chi connectivity index (χ1) is 8.76. The minimum Gasteiger partial charge on any atom is -0.336 e. The number of hydrogen-bond acceptors (Lipinski definition) is 3. The number of anilines is 1. The standard InChI is InChI=1S/C14H21N3O/c1-2-3-10-17(13-8-9-13)14(18)11-4-6-12(16-15)7-5-11/h4-7,13,16H,2-3,8-10,15H2,1H3. The molecule has 4 nitrogen and oxygen atoms in total. The van der Waals surface area contributed by atoms with Gasteiger partial charge in [0.15, 0.2) is 0 Å². The maximum atomic E-state index is 12.4. The summed E-state index contributed by atoms with van der Waals surface area (Å²) in [6.45, 7) is 3.02. The Labute approximate surface area is 108 Å². The quantitative estimate of drug-likeness (QED) is 0.599. The lowest BCUT2D eigenvalue weighted by Gasteiger charge is -2.22. The van der Waals surface area contributed by atoms with Crippen LogP contribution in [0.25, 0.3) is 0 Å². The second-order valence-corrected chi connectivity index (χ2v) is 4.80. The maximum absolute atomic E-state index is 12.4. The Morgan fingerprint density at radius 2 is 2.06 bits per heavy atom. The normalized spacial score (nSPS) is 14.3. The number of nitrogens with two attached hydrogens (primary N) is 1. The van der Waals surface area contributed by atoms with E-state index in [9.17, 15) is 4.79 Å². The van der Waals surface area contributed by atoms with Crippen LogP contribution in [-0.4, -0.2) is 23.4 Å². The lowest BCUT2D eigenvalue weighted by Crippen LogP contribution is -2.34. The number of nitrogens with zero attached hydrogens (tertiary/aromatic N) is 1. The number of carbonyl (C=O) groups excluding carboxylic acids is 1. The van der Waals surface area contributed by atoms with E-state index in [1.54, 1.807) is 0 Å². The van der Waals surface area contributed by atoms with Crippen LogP contribution < -0.4 is 11.3 Å². The molecule has 1 amide bonds. The monoisotopic (exact) mass is 247 g/mol. The third-order valence-electron chi connectivity index (χ3n) is 3.30. The number of nitrogen functional groups attached to an aromatic ring is 1. The van der Waals surface area contributed by atoms with Gasteiger partial charge in [-0.15, -0.1) is 0 Å². The Morgan fingerprint density at radius 3 is 2.56 bits per heavy atom. The summed E-state index contributed by atoms with van der Waals surface area (Å²) in [5, 5.41) is 0. The third kappa shape index (κ3) is 3.01. The number of benzene rings is 1. The molecule has 0 unspecified atom stereocenters. The summed E-state index contributed by atoms with van der Waals surface area (Å²) in [5.74, 6) is 5.46. The lowest BCUT2D eigenvalue weighted by atomic mass is 10.1. The van der Waals surface area contributed by atoms with Gasteiger partial charge < -0.3 is 10.3 Å². The van der Waals surface area contributed by atoms with Crippen molar-refractivity contribution in [3.05, 3.63) is 29.8 Å². The van der Waals surface area contributed by atoms with Gasteiger partial charge in [-0.1, -0.05) is 13.3 Å². The van der Waals surface area contributed by atoms with Crippen LogP contribution in [0.1, 0.15) is 43.0 Å². The molecule has 98 valence electrons. The topological polar surface area (TPSA) is 58.4 Å². The first-order valence-electron chi connectivity index (χ1n) is 6.64. The number of nitrogens with one attached hydrogen (secondary N) is 1. The molecule has 3 N–H and O–H groups in total. The molecular weight excluding hydrogens is 226 g/mol. The highest BCUT2D eigenvalue weighted by molar-refractivity contribution is 5.95. The highest BCUT2D eigenvalue weighted by atomic mass is 16.2. The fourth-order valence-electron chi connectivity index (χ4n) is 2.04. The van der Waals surface area contributed by atoms with E-state index in [1.807, 2.05) is 29.2 Å². The predicted octanol–water partition coefficient (Wildman–Crippen LogP) is 2.38. The van der Waals surface area contributed by atoms with Crippen molar-refractivity contribution in [1.82, 2.24) is 4.90 Å². The van der Waals surface area contributed by atoms with Crippen molar-refractivity contribution in [2.75, 3.05) is 12.0 Å². The number of carbonyl (C=O) groups is 1. The Bertz CT molecular complexity index is 398. The molecule has 0 spiro atoms. The fraction of sp³-hybridized carbons (Fsp3) is 0.500. The van der Waals surface area contributed by atoms with E-state index in [2.05, 4.69) is 12.3 Å². The summed E-state index contributed by atoms with van der Waals surface area (Å²) in [6, 6.07) is 7.80. The maximum Gasteiger partial charge on any atom is 0.254 e. The van der Waals surface area contributed by atoms with Gasteiger partial charge in [0, 0.05) is 23.8 Å². The Kier molecular flexibility index (Phi) is 4.20. The van der Waals surface area contributed by atoms with Gasteiger partial charge in [-0.05, 0) is 43.5 Å². The van der Waals surface area contributed by atoms with Gasteiger partial charge in [-0.25, -0.2) is 0 Å². The summed E-state index contributed by atoms with van der Waals surface area (Å²) >= 11 is 0. The second-order valence-electron chi connectivity index (χ2n) is 4.80. The minimum absolute atomic E-state index is 0.148. The van der Waals surface area contributed by atoms with Crippen LogP contribution in [-0.2, 0) is 0 Å². The van der Waals surface area contributed by atoms with Crippen LogP contribution in [0.15, 0.2) is 24.3 Å². The van der Waals surface area contributed by atoms with Crippen molar-refractivity contribution in [1.29, 1.82) is 0 Å². The molecule has 1 aliphatic carbocycles. The minimum atomic E-state index is 0.148. The van der Waals surface area contributed by atoms with Crippen molar-refractivity contribution < 1.29 is 4.79 Å². The molecule has 0 aromatic heterocycles. The molecule has 1 aliphatic rings. The first kappa shape index (κ1) is 12.9.